The first-order valence-corrected chi connectivity index (χ1v) is 8.75. The minimum absolute atomic E-state index is 0.129. The summed E-state index contributed by atoms with van der Waals surface area (Å²) >= 11 is 0. The van der Waals surface area contributed by atoms with Gasteiger partial charge in [0.2, 0.25) is 11.7 Å². The lowest BCUT2D eigenvalue weighted by Crippen LogP contribution is -2.36. The molecule has 0 aliphatic carbocycles. The molecule has 1 fully saturated rings. The van der Waals surface area contributed by atoms with Gasteiger partial charge in [0.1, 0.15) is 12.0 Å². The molecular weight excluding hydrogens is 352 g/mol. The van der Waals surface area contributed by atoms with Crippen molar-refractivity contribution in [1.29, 1.82) is 0 Å². The van der Waals surface area contributed by atoms with Crippen LogP contribution in [-0.4, -0.2) is 51.7 Å². The second-order valence-electron chi connectivity index (χ2n) is 6.25. The van der Waals surface area contributed by atoms with Crippen LogP contribution in [0.3, 0.4) is 0 Å². The number of amides is 1. The molecule has 3 heterocycles. The Morgan fingerprint density at radius 2 is 2.19 bits per heavy atom. The first kappa shape index (κ1) is 18.8. The van der Waals surface area contributed by atoms with Gasteiger partial charge in [-0.3, -0.25) is 4.79 Å². The number of nitrogens with one attached hydrogen (secondary N) is 1. The Bertz CT molecular complexity index is 816. The fourth-order valence-electron chi connectivity index (χ4n) is 2.85. The molecule has 1 N–H and O–H groups in total. The number of morpholine rings is 1. The van der Waals surface area contributed by atoms with E-state index in [1.165, 1.54) is 6.20 Å². The highest BCUT2D eigenvalue weighted by atomic mass is 16.6. The maximum absolute atomic E-state index is 12.1. The van der Waals surface area contributed by atoms with E-state index in [1.54, 1.807) is 17.7 Å². The molecule has 0 saturated carbocycles. The SMILES string of the molecule is Cc1nc([N+](=O)[O-])cn1CCC(=O)NCc1ccnc(N2CCOCC2)c1. The third-order valence-electron chi connectivity index (χ3n) is 4.36. The van der Waals surface area contributed by atoms with Gasteiger partial charge in [-0.1, -0.05) is 0 Å². The van der Waals surface area contributed by atoms with Gasteiger partial charge in [0.15, 0.2) is 0 Å². The van der Waals surface area contributed by atoms with Gasteiger partial charge in [0, 0.05) is 45.7 Å². The van der Waals surface area contributed by atoms with Crippen LogP contribution >= 0.6 is 0 Å². The molecule has 27 heavy (non-hydrogen) atoms. The van der Waals surface area contributed by atoms with Crippen LogP contribution in [0.5, 0.6) is 0 Å². The van der Waals surface area contributed by atoms with Crippen molar-refractivity contribution in [2.75, 3.05) is 31.2 Å². The van der Waals surface area contributed by atoms with E-state index in [0.29, 0.717) is 32.1 Å². The van der Waals surface area contributed by atoms with Crippen LogP contribution in [0.4, 0.5) is 11.6 Å². The predicted octanol–water partition coefficient (Wildman–Crippen LogP) is 1.04. The van der Waals surface area contributed by atoms with Crippen molar-refractivity contribution < 1.29 is 14.5 Å². The minimum atomic E-state index is -0.543. The number of hydrogen-bond acceptors (Lipinski definition) is 7. The number of nitrogens with zero attached hydrogens (tertiary/aromatic N) is 5. The zero-order valence-electron chi connectivity index (χ0n) is 15.1. The van der Waals surface area contributed by atoms with E-state index in [-0.39, 0.29) is 18.1 Å². The number of pyridine rings is 1. The van der Waals surface area contributed by atoms with Gasteiger partial charge in [-0.2, -0.15) is 0 Å². The molecule has 1 aliphatic heterocycles. The van der Waals surface area contributed by atoms with Crippen LogP contribution in [0.25, 0.3) is 0 Å². The first-order chi connectivity index (χ1) is 13.0. The Kier molecular flexibility index (Phi) is 5.97. The molecule has 2 aromatic heterocycles. The lowest BCUT2D eigenvalue weighted by atomic mass is 10.2. The van der Waals surface area contributed by atoms with Crippen LogP contribution in [0.15, 0.2) is 24.5 Å². The van der Waals surface area contributed by atoms with Crippen molar-refractivity contribution in [2.45, 2.75) is 26.4 Å². The molecule has 0 atom stereocenters. The van der Waals surface area contributed by atoms with Crippen molar-refractivity contribution in [3.63, 3.8) is 0 Å². The van der Waals surface area contributed by atoms with E-state index in [2.05, 4.69) is 20.2 Å². The van der Waals surface area contributed by atoms with Gasteiger partial charge in [-0.25, -0.2) is 4.98 Å². The van der Waals surface area contributed by atoms with Crippen molar-refractivity contribution in [3.8, 4) is 0 Å². The van der Waals surface area contributed by atoms with E-state index in [0.717, 1.165) is 24.5 Å². The topological polar surface area (TPSA) is 115 Å². The maximum atomic E-state index is 12.1. The molecule has 144 valence electrons. The molecule has 1 amide bonds. The molecule has 0 bridgehead atoms. The fraction of sp³-hybridized carbons (Fsp3) is 0.471. The number of nitro groups is 1. The summed E-state index contributed by atoms with van der Waals surface area (Å²) in [6.07, 6.45) is 3.30. The molecule has 0 radical (unpaired) electrons. The predicted molar refractivity (Wildman–Crippen MR) is 97.4 cm³/mol. The van der Waals surface area contributed by atoms with Crippen LogP contribution in [0.1, 0.15) is 17.8 Å². The largest absolute Gasteiger partial charge is 0.381 e. The molecular formula is C17H22N6O4. The summed E-state index contributed by atoms with van der Waals surface area (Å²) in [7, 11) is 0. The van der Waals surface area contributed by atoms with E-state index in [1.807, 2.05) is 12.1 Å². The monoisotopic (exact) mass is 374 g/mol. The summed E-state index contributed by atoms with van der Waals surface area (Å²) in [5.74, 6) is 1.06. The lowest BCUT2D eigenvalue weighted by molar-refractivity contribution is -0.389. The third-order valence-corrected chi connectivity index (χ3v) is 4.36. The number of imidazole rings is 1. The van der Waals surface area contributed by atoms with Gasteiger partial charge in [-0.15, -0.1) is 0 Å². The van der Waals surface area contributed by atoms with Crippen molar-refractivity contribution in [1.82, 2.24) is 19.9 Å². The number of aryl methyl sites for hydroxylation is 2. The highest BCUT2D eigenvalue weighted by Crippen LogP contribution is 2.14. The highest BCUT2D eigenvalue weighted by molar-refractivity contribution is 5.75. The number of carbonyl (C=O) groups is 1. The fourth-order valence-corrected chi connectivity index (χ4v) is 2.85. The molecule has 10 nitrogen and oxygen atoms in total. The highest BCUT2D eigenvalue weighted by Gasteiger charge is 2.16. The van der Waals surface area contributed by atoms with E-state index in [4.69, 9.17) is 4.74 Å². The first-order valence-electron chi connectivity index (χ1n) is 8.75. The van der Waals surface area contributed by atoms with Gasteiger partial charge in [-0.05, 0) is 27.6 Å². The molecule has 3 rings (SSSR count). The average Bonchev–Trinajstić information content (AvgIpc) is 3.07. The number of carbonyl (C=O) groups excluding carboxylic acids is 1. The molecule has 0 unspecified atom stereocenters. The summed E-state index contributed by atoms with van der Waals surface area (Å²) in [6.45, 7) is 5.41. The van der Waals surface area contributed by atoms with Gasteiger partial charge in [0.05, 0.1) is 13.2 Å². The van der Waals surface area contributed by atoms with E-state index in [9.17, 15) is 14.9 Å². The van der Waals surface area contributed by atoms with E-state index >= 15 is 0 Å². The zero-order valence-corrected chi connectivity index (χ0v) is 15.1. The Morgan fingerprint density at radius 3 is 2.89 bits per heavy atom. The van der Waals surface area contributed by atoms with Crippen LogP contribution in [-0.2, 0) is 22.6 Å². The van der Waals surface area contributed by atoms with Crippen LogP contribution in [0.2, 0.25) is 0 Å². The van der Waals surface area contributed by atoms with Gasteiger partial charge >= 0.3 is 5.82 Å². The second kappa shape index (κ2) is 8.58. The normalized spacial score (nSPS) is 14.2. The molecule has 1 saturated heterocycles. The number of hydrogen-bond donors (Lipinski definition) is 1. The van der Waals surface area contributed by atoms with E-state index < -0.39 is 4.92 Å². The Morgan fingerprint density at radius 1 is 1.41 bits per heavy atom. The van der Waals surface area contributed by atoms with Crippen molar-refractivity contribution >= 4 is 17.5 Å². The zero-order chi connectivity index (χ0) is 19.2. The standard InChI is InChI=1S/C17H22N6O4/c1-13-20-16(23(25)26)12-22(13)5-3-17(24)19-11-14-2-4-18-15(10-14)21-6-8-27-9-7-21/h2,4,10,12H,3,5-9,11H2,1H3,(H,19,24). The molecule has 1 aliphatic rings. The Hall–Kier alpha value is -3.01. The van der Waals surface area contributed by atoms with Crippen molar-refractivity contribution in [2.24, 2.45) is 0 Å². The average molecular weight is 374 g/mol. The van der Waals surface area contributed by atoms with Crippen molar-refractivity contribution in [3.05, 3.63) is 46.0 Å². The summed E-state index contributed by atoms with van der Waals surface area (Å²) in [4.78, 5) is 32.7. The van der Waals surface area contributed by atoms with Gasteiger partial charge < -0.3 is 29.6 Å². The smallest absolute Gasteiger partial charge is 0.378 e. The molecule has 10 heteroatoms. The third kappa shape index (κ3) is 5.00. The number of anilines is 1. The number of aromatic nitrogens is 3. The molecule has 0 spiro atoms. The Labute approximate surface area is 156 Å². The van der Waals surface area contributed by atoms with Crippen LogP contribution < -0.4 is 10.2 Å². The molecule has 0 aromatic carbocycles. The lowest BCUT2D eigenvalue weighted by Gasteiger charge is -2.28. The molecule has 2 aromatic rings. The quantitative estimate of drug-likeness (QED) is 0.568. The Balaban J connectivity index is 1.50. The summed E-state index contributed by atoms with van der Waals surface area (Å²) in [6, 6.07) is 3.84. The summed E-state index contributed by atoms with van der Waals surface area (Å²) < 4.78 is 6.96. The number of ether oxygens (including phenoxy) is 1. The minimum Gasteiger partial charge on any atom is -0.378 e. The summed E-state index contributed by atoms with van der Waals surface area (Å²) in [5, 5.41) is 13.6. The summed E-state index contributed by atoms with van der Waals surface area (Å²) in [5.41, 5.74) is 0.967. The van der Waals surface area contributed by atoms with Crippen LogP contribution in [0, 0.1) is 17.0 Å². The van der Waals surface area contributed by atoms with Gasteiger partial charge in [0.25, 0.3) is 0 Å². The second-order valence-corrected chi connectivity index (χ2v) is 6.25. The maximum Gasteiger partial charge on any atom is 0.381 e. The number of rotatable bonds is 7.